The molecule has 1 saturated heterocycles. The summed E-state index contributed by atoms with van der Waals surface area (Å²) in [5.41, 5.74) is 0.958. The topological polar surface area (TPSA) is 62.6 Å². The van der Waals surface area contributed by atoms with Gasteiger partial charge in [0.1, 0.15) is 6.10 Å². The molecule has 32 heavy (non-hydrogen) atoms. The van der Waals surface area contributed by atoms with Crippen LogP contribution in [0.2, 0.25) is 18.1 Å². The Morgan fingerprint density at radius 1 is 1.06 bits per heavy atom. The summed E-state index contributed by atoms with van der Waals surface area (Å²) >= 11 is 0. The fraction of sp³-hybridized carbons (Fsp3) is 0.462. The highest BCUT2D eigenvalue weighted by molar-refractivity contribution is 6.74. The lowest BCUT2D eigenvalue weighted by atomic mass is 9.98. The predicted octanol–water partition coefficient (Wildman–Crippen LogP) is 5.29. The Bertz CT molecular complexity index is 951. The number of hydrogen-bond donors (Lipinski definition) is 0. The van der Waals surface area contributed by atoms with Gasteiger partial charge in [-0.25, -0.2) is 0 Å². The van der Waals surface area contributed by atoms with Crippen LogP contribution in [0.15, 0.2) is 60.7 Å². The van der Waals surface area contributed by atoms with E-state index in [9.17, 15) is 10.1 Å². The second kappa shape index (κ2) is 9.58. The van der Waals surface area contributed by atoms with Gasteiger partial charge in [0, 0.05) is 13.0 Å². The lowest BCUT2D eigenvalue weighted by Gasteiger charge is -2.37. The minimum Gasteiger partial charge on any atom is -0.405 e. The van der Waals surface area contributed by atoms with Gasteiger partial charge in [0.15, 0.2) is 13.9 Å². The maximum atomic E-state index is 13.5. The number of nitrogens with zero attached hydrogens (tertiary/aromatic N) is 2. The van der Waals surface area contributed by atoms with Crippen molar-refractivity contribution in [3.8, 4) is 6.07 Å². The van der Waals surface area contributed by atoms with Gasteiger partial charge in [-0.3, -0.25) is 4.79 Å². The average Bonchev–Trinajstić information content (AvgIpc) is 3.00. The van der Waals surface area contributed by atoms with E-state index in [0.29, 0.717) is 19.6 Å². The molecule has 1 heterocycles. The van der Waals surface area contributed by atoms with Gasteiger partial charge in [0.05, 0.1) is 19.3 Å². The fourth-order valence-corrected chi connectivity index (χ4v) is 4.94. The van der Waals surface area contributed by atoms with Crippen molar-refractivity contribution in [3.05, 3.63) is 71.8 Å². The number of carbonyl (C=O) groups is 1. The number of ether oxygens (including phenoxy) is 1. The molecule has 0 aromatic heterocycles. The van der Waals surface area contributed by atoms with Crippen LogP contribution in [0, 0.1) is 11.3 Å². The standard InChI is InChI=1S/C26H34N2O3Si/c1-25(2,3)32(4,5)31-23-16-26(19-27,20-30-18-22-14-10-7-11-15-22)28(24(23)29)17-21-12-8-6-9-13-21/h6-15,23H,16-18,20H2,1-5H3/t23-,26-/m0/s1. The summed E-state index contributed by atoms with van der Waals surface area (Å²) in [6.07, 6.45) is -0.309. The van der Waals surface area contributed by atoms with Crippen LogP contribution in [0.1, 0.15) is 38.3 Å². The number of carbonyl (C=O) groups excluding carboxylic acids is 1. The van der Waals surface area contributed by atoms with Gasteiger partial charge in [-0.2, -0.15) is 5.26 Å². The van der Waals surface area contributed by atoms with Crippen molar-refractivity contribution in [3.63, 3.8) is 0 Å². The zero-order valence-corrected chi connectivity index (χ0v) is 20.8. The summed E-state index contributed by atoms with van der Waals surface area (Å²) in [7, 11) is -2.19. The van der Waals surface area contributed by atoms with Crippen molar-refractivity contribution < 1.29 is 14.0 Å². The Labute approximate surface area is 193 Å². The highest BCUT2D eigenvalue weighted by atomic mass is 28.4. The molecule has 2 aromatic carbocycles. The Kier molecular flexibility index (Phi) is 7.24. The minimum atomic E-state index is -2.19. The van der Waals surface area contributed by atoms with Gasteiger partial charge in [0.2, 0.25) is 0 Å². The van der Waals surface area contributed by atoms with Crippen LogP contribution in [0.25, 0.3) is 0 Å². The van der Waals surface area contributed by atoms with Gasteiger partial charge in [-0.1, -0.05) is 81.4 Å². The first-order chi connectivity index (χ1) is 15.1. The molecule has 0 N–H and O–H groups in total. The quantitative estimate of drug-likeness (QED) is 0.513. The molecular weight excluding hydrogens is 416 g/mol. The molecule has 6 heteroatoms. The Balaban J connectivity index is 1.84. The molecule has 1 amide bonds. The number of benzene rings is 2. The third-order valence-electron chi connectivity index (χ3n) is 6.67. The highest BCUT2D eigenvalue weighted by Crippen LogP contribution is 2.41. The van der Waals surface area contributed by atoms with Gasteiger partial charge in [-0.05, 0) is 29.3 Å². The van der Waals surface area contributed by atoms with Crippen LogP contribution in [0.3, 0.4) is 0 Å². The van der Waals surface area contributed by atoms with Gasteiger partial charge >= 0.3 is 0 Å². The first kappa shape index (κ1) is 24.2. The van der Waals surface area contributed by atoms with Gasteiger partial charge < -0.3 is 14.1 Å². The van der Waals surface area contributed by atoms with E-state index < -0.39 is 20.0 Å². The largest absolute Gasteiger partial charge is 0.405 e. The molecule has 170 valence electrons. The second-order valence-corrected chi connectivity index (χ2v) is 14.9. The van der Waals surface area contributed by atoms with E-state index in [4.69, 9.17) is 9.16 Å². The van der Waals surface area contributed by atoms with E-state index in [-0.39, 0.29) is 17.6 Å². The molecule has 1 aliphatic heterocycles. The van der Waals surface area contributed by atoms with Crippen LogP contribution < -0.4 is 0 Å². The van der Waals surface area contributed by atoms with Crippen molar-refractivity contribution >= 4 is 14.2 Å². The minimum absolute atomic E-state index is 0.0285. The molecule has 5 nitrogen and oxygen atoms in total. The zero-order chi connectivity index (χ0) is 23.4. The van der Waals surface area contributed by atoms with Crippen molar-refractivity contribution in [2.75, 3.05) is 6.61 Å². The summed E-state index contributed by atoms with van der Waals surface area (Å²) < 4.78 is 12.5. The molecule has 1 fully saturated rings. The first-order valence-electron chi connectivity index (χ1n) is 11.1. The van der Waals surface area contributed by atoms with Crippen LogP contribution in [-0.4, -0.2) is 37.4 Å². The molecule has 0 radical (unpaired) electrons. The van der Waals surface area contributed by atoms with Crippen molar-refractivity contribution in [2.24, 2.45) is 0 Å². The number of amides is 1. The predicted molar refractivity (Wildman–Crippen MR) is 128 cm³/mol. The molecule has 1 aliphatic rings. The first-order valence-corrected chi connectivity index (χ1v) is 14.0. The van der Waals surface area contributed by atoms with Gasteiger partial charge in [-0.15, -0.1) is 0 Å². The molecule has 0 aliphatic carbocycles. The van der Waals surface area contributed by atoms with Crippen LogP contribution in [0.5, 0.6) is 0 Å². The fourth-order valence-electron chi connectivity index (χ4n) is 3.70. The molecule has 0 bridgehead atoms. The normalized spacial score (nSPS) is 21.6. The van der Waals surface area contributed by atoms with E-state index in [1.807, 2.05) is 60.7 Å². The lowest BCUT2D eigenvalue weighted by Crippen LogP contribution is -2.48. The van der Waals surface area contributed by atoms with Crippen molar-refractivity contribution in [1.29, 1.82) is 5.26 Å². The smallest absolute Gasteiger partial charge is 0.252 e. The molecule has 0 saturated carbocycles. The zero-order valence-electron chi connectivity index (χ0n) is 19.8. The second-order valence-electron chi connectivity index (χ2n) is 10.1. The number of hydrogen-bond acceptors (Lipinski definition) is 4. The van der Waals surface area contributed by atoms with Crippen molar-refractivity contribution in [1.82, 2.24) is 4.90 Å². The summed E-state index contributed by atoms with van der Waals surface area (Å²) in [5.74, 6) is -0.122. The Morgan fingerprint density at radius 3 is 2.16 bits per heavy atom. The van der Waals surface area contributed by atoms with E-state index in [2.05, 4.69) is 39.9 Å². The lowest BCUT2D eigenvalue weighted by molar-refractivity contribution is -0.137. The maximum absolute atomic E-state index is 13.5. The molecule has 0 unspecified atom stereocenters. The Hall–Kier alpha value is -2.46. The van der Waals surface area contributed by atoms with E-state index in [1.54, 1.807) is 4.90 Å². The summed E-state index contributed by atoms with van der Waals surface area (Å²) in [5, 5.41) is 10.3. The average molecular weight is 451 g/mol. The molecule has 3 rings (SSSR count). The molecule has 2 atom stereocenters. The third-order valence-corrected chi connectivity index (χ3v) is 11.2. The van der Waals surface area contributed by atoms with Crippen LogP contribution in [0.4, 0.5) is 0 Å². The number of nitriles is 1. The van der Waals surface area contributed by atoms with Gasteiger partial charge in [0.25, 0.3) is 5.91 Å². The maximum Gasteiger partial charge on any atom is 0.252 e. The molecule has 2 aromatic rings. The number of rotatable bonds is 8. The Morgan fingerprint density at radius 2 is 1.62 bits per heavy atom. The van der Waals surface area contributed by atoms with Crippen molar-refractivity contribution in [2.45, 2.75) is 70.1 Å². The highest BCUT2D eigenvalue weighted by Gasteiger charge is 2.54. The third kappa shape index (κ3) is 5.29. The summed E-state index contributed by atoms with van der Waals surface area (Å²) in [6.45, 7) is 11.6. The molecular formula is C26H34N2O3Si. The number of likely N-dealkylation sites (tertiary alicyclic amines) is 1. The SMILES string of the molecule is CC(C)(C)[Si](C)(C)O[C@H]1C[C@](C#N)(COCc2ccccc2)N(Cc2ccccc2)C1=O. The van der Waals surface area contributed by atoms with E-state index in [0.717, 1.165) is 11.1 Å². The van der Waals surface area contributed by atoms with E-state index in [1.165, 1.54) is 0 Å². The van der Waals surface area contributed by atoms with Crippen LogP contribution >= 0.6 is 0 Å². The van der Waals surface area contributed by atoms with E-state index >= 15 is 0 Å². The summed E-state index contributed by atoms with van der Waals surface area (Å²) in [4.78, 5) is 15.2. The summed E-state index contributed by atoms with van der Waals surface area (Å²) in [6, 6.07) is 22.1. The monoisotopic (exact) mass is 450 g/mol. The van der Waals surface area contributed by atoms with Crippen LogP contribution in [-0.2, 0) is 27.1 Å². The molecule has 0 spiro atoms.